The molecule has 0 aromatic heterocycles. The summed E-state index contributed by atoms with van der Waals surface area (Å²) in [7, 11) is 0. The molecule has 4 atom stereocenters. The second-order valence-electron chi connectivity index (χ2n) is 6.49. The third kappa shape index (κ3) is 3.34. The van der Waals surface area contributed by atoms with Gasteiger partial charge in [0.05, 0.1) is 11.4 Å². The maximum Gasteiger partial charge on any atom is 0.161 e. The summed E-state index contributed by atoms with van der Waals surface area (Å²) >= 11 is 0. The van der Waals surface area contributed by atoms with Crippen molar-refractivity contribution in [3.63, 3.8) is 0 Å². The molecule has 4 rings (SSSR count). The minimum atomic E-state index is -1.12. The van der Waals surface area contributed by atoms with Crippen molar-refractivity contribution >= 4 is 11.4 Å². The van der Waals surface area contributed by atoms with Gasteiger partial charge in [0.15, 0.2) is 12.2 Å². The van der Waals surface area contributed by atoms with E-state index in [1.807, 2.05) is 60.7 Å². The molecule has 26 heavy (non-hydrogen) atoms. The molecule has 0 spiro atoms. The van der Waals surface area contributed by atoms with Crippen LogP contribution in [0, 0.1) is 0 Å². The van der Waals surface area contributed by atoms with Crippen molar-refractivity contribution in [1.82, 2.24) is 0 Å². The maximum atomic E-state index is 10.5. The Bertz CT molecular complexity index is 738. The molecule has 0 radical (unpaired) electrons. The van der Waals surface area contributed by atoms with E-state index in [1.165, 1.54) is 0 Å². The molecular weight excluding hydrogens is 332 g/mol. The van der Waals surface area contributed by atoms with E-state index in [2.05, 4.69) is 10.3 Å². The van der Waals surface area contributed by atoms with Crippen LogP contribution in [0.25, 0.3) is 0 Å². The third-order valence-corrected chi connectivity index (χ3v) is 4.71. The number of benzene rings is 2. The summed E-state index contributed by atoms with van der Waals surface area (Å²) in [4.78, 5) is 10.7. The van der Waals surface area contributed by atoms with Gasteiger partial charge in [-0.3, -0.25) is 0 Å². The second-order valence-corrected chi connectivity index (χ2v) is 6.49. The molecule has 0 saturated heterocycles. The van der Waals surface area contributed by atoms with Gasteiger partial charge in [0.2, 0.25) is 0 Å². The molecule has 2 aliphatic rings. The number of hydrogen-bond acceptors (Lipinski definition) is 6. The molecule has 0 aliphatic carbocycles. The molecule has 2 aromatic rings. The monoisotopic (exact) mass is 352 g/mol. The van der Waals surface area contributed by atoms with Gasteiger partial charge in [0.25, 0.3) is 0 Å². The fourth-order valence-electron chi connectivity index (χ4n) is 3.20. The smallest absolute Gasteiger partial charge is 0.161 e. The van der Waals surface area contributed by atoms with Crippen LogP contribution in [0.2, 0.25) is 0 Å². The summed E-state index contributed by atoms with van der Waals surface area (Å²) in [6.07, 6.45) is -2.58. The Morgan fingerprint density at radius 2 is 1.08 bits per heavy atom. The first kappa shape index (κ1) is 16.8. The lowest BCUT2D eigenvalue weighted by atomic mass is 9.94. The van der Waals surface area contributed by atoms with Crippen LogP contribution in [0.1, 0.15) is 24.0 Å². The molecule has 0 saturated carbocycles. The van der Waals surface area contributed by atoms with E-state index in [1.54, 1.807) is 0 Å². The summed E-state index contributed by atoms with van der Waals surface area (Å²) in [5, 5.41) is 29.2. The van der Waals surface area contributed by atoms with Crippen LogP contribution in [0.15, 0.2) is 71.0 Å². The van der Waals surface area contributed by atoms with Crippen LogP contribution in [0.4, 0.5) is 0 Å². The summed E-state index contributed by atoms with van der Waals surface area (Å²) in [6, 6.07) is 19.3. The van der Waals surface area contributed by atoms with Crippen LogP contribution < -0.4 is 0 Å². The third-order valence-electron chi connectivity index (χ3n) is 4.71. The second kappa shape index (κ2) is 7.27. The van der Waals surface area contributed by atoms with Gasteiger partial charge in [-0.2, -0.15) is 0 Å². The van der Waals surface area contributed by atoms with E-state index < -0.39 is 24.4 Å². The van der Waals surface area contributed by atoms with E-state index in [-0.39, 0.29) is 0 Å². The summed E-state index contributed by atoms with van der Waals surface area (Å²) in [6.45, 7) is 0. The minimum absolute atomic E-state index is 0.432. The number of aliphatic hydroxyl groups is 2. The summed E-state index contributed by atoms with van der Waals surface area (Å²) in [5.74, 6) is 0. The lowest BCUT2D eigenvalue weighted by molar-refractivity contribution is -0.123. The van der Waals surface area contributed by atoms with Crippen LogP contribution in [-0.2, 0) is 9.68 Å². The molecule has 0 bridgehead atoms. The zero-order valence-electron chi connectivity index (χ0n) is 14.1. The number of rotatable bonds is 5. The first-order valence-corrected chi connectivity index (χ1v) is 8.65. The standard InChI is InChI=1S/C20H20N2O4/c23-19(17-11-15(21-25-17)13-7-3-1-4-8-13)20(24)18-12-16(22-26-18)14-9-5-2-6-10-14/h1-10,17-20,23-24H,11-12H2/t17-,18-,19-,20-/m0/s1. The highest BCUT2D eigenvalue weighted by molar-refractivity contribution is 6.01. The van der Waals surface area contributed by atoms with Crippen molar-refractivity contribution in [3.8, 4) is 0 Å². The minimum Gasteiger partial charge on any atom is -0.389 e. The Morgan fingerprint density at radius 1 is 0.692 bits per heavy atom. The maximum absolute atomic E-state index is 10.5. The van der Waals surface area contributed by atoms with E-state index in [0.29, 0.717) is 12.8 Å². The number of hydrogen-bond donors (Lipinski definition) is 2. The molecule has 2 aliphatic heterocycles. The van der Waals surface area contributed by atoms with Gasteiger partial charge in [0.1, 0.15) is 12.2 Å². The van der Waals surface area contributed by atoms with Gasteiger partial charge in [-0.05, 0) is 11.1 Å². The van der Waals surface area contributed by atoms with Crippen LogP contribution in [-0.4, -0.2) is 46.1 Å². The number of nitrogens with zero attached hydrogens (tertiary/aromatic N) is 2. The predicted octanol–water partition coefficient (Wildman–Crippen LogP) is 2.09. The van der Waals surface area contributed by atoms with Crippen molar-refractivity contribution in [2.45, 2.75) is 37.3 Å². The van der Waals surface area contributed by atoms with E-state index in [0.717, 1.165) is 22.6 Å². The highest BCUT2D eigenvalue weighted by atomic mass is 16.7. The number of oxime groups is 2. The normalized spacial score (nSPS) is 24.2. The quantitative estimate of drug-likeness (QED) is 0.863. The van der Waals surface area contributed by atoms with Crippen molar-refractivity contribution in [2.75, 3.05) is 0 Å². The zero-order chi connectivity index (χ0) is 17.9. The average Bonchev–Trinajstić information content (AvgIpc) is 3.38. The van der Waals surface area contributed by atoms with Crippen LogP contribution in [0.5, 0.6) is 0 Å². The van der Waals surface area contributed by atoms with Gasteiger partial charge in [-0.25, -0.2) is 0 Å². The van der Waals surface area contributed by atoms with E-state index in [9.17, 15) is 10.2 Å². The lowest BCUT2D eigenvalue weighted by Crippen LogP contribution is -2.44. The first-order valence-electron chi connectivity index (χ1n) is 8.65. The zero-order valence-corrected chi connectivity index (χ0v) is 14.1. The van der Waals surface area contributed by atoms with E-state index >= 15 is 0 Å². The Morgan fingerprint density at radius 3 is 1.46 bits per heavy atom. The molecule has 2 heterocycles. The SMILES string of the molecule is O[C@H]([C@@H](O)[C@@H]1CC(c2ccccc2)=NO1)[C@@H]1CC(c2ccccc2)=NO1. The summed E-state index contributed by atoms with van der Waals surface area (Å²) in [5.41, 5.74) is 3.41. The van der Waals surface area contributed by atoms with Crippen LogP contribution >= 0.6 is 0 Å². The Kier molecular flexibility index (Phi) is 4.69. The van der Waals surface area contributed by atoms with Crippen LogP contribution in [0.3, 0.4) is 0 Å². The largest absolute Gasteiger partial charge is 0.389 e. The fraction of sp³-hybridized carbons (Fsp3) is 0.300. The molecule has 6 nitrogen and oxygen atoms in total. The molecule has 2 N–H and O–H groups in total. The van der Waals surface area contributed by atoms with Gasteiger partial charge >= 0.3 is 0 Å². The Hall–Kier alpha value is -2.70. The topological polar surface area (TPSA) is 83.6 Å². The highest BCUT2D eigenvalue weighted by Gasteiger charge is 2.40. The Labute approximate surface area is 151 Å². The fourth-order valence-corrected chi connectivity index (χ4v) is 3.20. The van der Waals surface area contributed by atoms with E-state index in [4.69, 9.17) is 9.68 Å². The van der Waals surface area contributed by atoms with Gasteiger partial charge in [0, 0.05) is 12.8 Å². The molecule has 0 unspecified atom stereocenters. The van der Waals surface area contributed by atoms with Crippen molar-refractivity contribution in [3.05, 3.63) is 71.8 Å². The molecule has 0 fully saturated rings. The summed E-state index contributed by atoms with van der Waals surface area (Å²) < 4.78 is 0. The molecule has 6 heteroatoms. The Balaban J connectivity index is 1.36. The molecule has 0 amide bonds. The molecular formula is C20H20N2O4. The van der Waals surface area contributed by atoms with Gasteiger partial charge in [-0.15, -0.1) is 0 Å². The number of aliphatic hydroxyl groups excluding tert-OH is 2. The van der Waals surface area contributed by atoms with Crippen molar-refractivity contribution < 1.29 is 19.9 Å². The predicted molar refractivity (Wildman–Crippen MR) is 97.0 cm³/mol. The average molecular weight is 352 g/mol. The van der Waals surface area contributed by atoms with Crippen molar-refractivity contribution in [2.24, 2.45) is 10.3 Å². The van der Waals surface area contributed by atoms with Gasteiger partial charge in [-0.1, -0.05) is 71.0 Å². The molecule has 2 aromatic carbocycles. The molecule has 134 valence electrons. The van der Waals surface area contributed by atoms with Crippen molar-refractivity contribution in [1.29, 1.82) is 0 Å². The first-order chi connectivity index (χ1) is 12.7. The highest BCUT2D eigenvalue weighted by Crippen LogP contribution is 2.26. The lowest BCUT2D eigenvalue weighted by Gasteiger charge is -2.24. The van der Waals surface area contributed by atoms with Gasteiger partial charge < -0.3 is 19.9 Å².